The molecule has 0 saturated heterocycles. The van der Waals surface area contributed by atoms with Crippen LogP contribution >= 0.6 is 0 Å². The van der Waals surface area contributed by atoms with E-state index < -0.39 is 16.6 Å². The van der Waals surface area contributed by atoms with E-state index >= 15 is 0 Å². The molecular weight excluding hydrogens is 601 g/mol. The van der Waals surface area contributed by atoms with Crippen LogP contribution < -0.4 is 5.32 Å². The highest BCUT2D eigenvalue weighted by atomic mass is 28.4. The molecular formula is C35H72N2O6Si2. The Kier molecular flexibility index (Phi) is 22.5. The van der Waals surface area contributed by atoms with E-state index in [4.69, 9.17) is 14.0 Å². The van der Waals surface area contributed by atoms with Crippen molar-refractivity contribution >= 4 is 16.6 Å². The van der Waals surface area contributed by atoms with Crippen molar-refractivity contribution < 1.29 is 29.3 Å². The maximum absolute atomic E-state index is 10.4. The summed E-state index contributed by atoms with van der Waals surface area (Å²) in [5.74, 6) is 0. The molecule has 0 radical (unpaired) electrons. The van der Waals surface area contributed by atoms with E-state index in [1.807, 2.05) is 18.2 Å². The van der Waals surface area contributed by atoms with Crippen LogP contribution in [0.3, 0.4) is 0 Å². The molecule has 1 aromatic rings. The zero-order valence-corrected chi connectivity index (χ0v) is 32.7. The molecule has 45 heavy (non-hydrogen) atoms. The summed E-state index contributed by atoms with van der Waals surface area (Å²) in [6, 6.07) is 10.2. The van der Waals surface area contributed by atoms with Crippen molar-refractivity contribution in [3.63, 3.8) is 0 Å². The number of rotatable bonds is 22. The van der Waals surface area contributed by atoms with E-state index in [0.717, 1.165) is 58.3 Å². The topological polar surface area (TPSA) is 115 Å². The number of aliphatic hydroxyl groups is 4. The average Bonchev–Trinajstić information content (AvgIpc) is 2.92. The van der Waals surface area contributed by atoms with Crippen LogP contribution in [0.5, 0.6) is 0 Å². The first kappa shape index (κ1) is 44.3. The van der Waals surface area contributed by atoms with E-state index in [1.54, 1.807) is 0 Å². The molecule has 0 bridgehead atoms. The molecule has 0 spiro atoms. The van der Waals surface area contributed by atoms with Gasteiger partial charge in [-0.25, -0.2) is 0 Å². The van der Waals surface area contributed by atoms with E-state index in [1.165, 1.54) is 5.56 Å². The zero-order chi connectivity index (χ0) is 34.6. The van der Waals surface area contributed by atoms with Gasteiger partial charge in [-0.3, -0.25) is 4.90 Å². The standard InChI is InChI=1S/C21H39NO3Si.C14H33NO3Si/c1-21(2,3)26(4,5)25-16-10-9-13-20(24)18-22(14-15-23)17-19-11-7-6-8-12-19;1-14(2,3)19(4,5)18-11-7-6-8-13(17)12-15-9-10-16/h6-8,11-12,20,23-24H,9-10,13-18H2,1-5H3;13,15-17H,6-12H2,1-5H3. The molecule has 2 unspecified atom stereocenters. The van der Waals surface area contributed by atoms with E-state index in [0.29, 0.717) is 26.2 Å². The Hall–Kier alpha value is -0.666. The second kappa shape index (κ2) is 22.8. The fourth-order valence-electron chi connectivity index (χ4n) is 4.11. The fraction of sp³-hybridized carbons (Fsp3) is 0.829. The molecule has 266 valence electrons. The van der Waals surface area contributed by atoms with Crippen LogP contribution in [0, 0.1) is 0 Å². The van der Waals surface area contributed by atoms with Crippen molar-refractivity contribution in [1.29, 1.82) is 0 Å². The van der Waals surface area contributed by atoms with Crippen LogP contribution in [0.1, 0.15) is 85.6 Å². The van der Waals surface area contributed by atoms with Gasteiger partial charge in [0.05, 0.1) is 25.4 Å². The van der Waals surface area contributed by atoms with Crippen LogP contribution in [0.15, 0.2) is 30.3 Å². The lowest BCUT2D eigenvalue weighted by Crippen LogP contribution is -2.41. The first-order valence-electron chi connectivity index (χ1n) is 17.2. The van der Waals surface area contributed by atoms with Crippen LogP contribution in [-0.4, -0.2) is 107 Å². The Morgan fingerprint density at radius 3 is 1.67 bits per heavy atom. The Morgan fingerprint density at radius 2 is 1.22 bits per heavy atom. The number of hydrogen-bond donors (Lipinski definition) is 5. The van der Waals surface area contributed by atoms with Crippen molar-refractivity contribution in [1.82, 2.24) is 10.2 Å². The van der Waals surface area contributed by atoms with Gasteiger partial charge in [0.2, 0.25) is 0 Å². The van der Waals surface area contributed by atoms with Crippen molar-refractivity contribution in [2.24, 2.45) is 0 Å². The minimum atomic E-state index is -1.66. The van der Waals surface area contributed by atoms with Gasteiger partial charge in [0.25, 0.3) is 0 Å². The number of unbranched alkanes of at least 4 members (excludes halogenated alkanes) is 2. The van der Waals surface area contributed by atoms with Gasteiger partial charge in [0.1, 0.15) is 0 Å². The fourth-order valence-corrected chi connectivity index (χ4v) is 6.28. The third-order valence-electron chi connectivity index (χ3n) is 9.20. The van der Waals surface area contributed by atoms with Crippen LogP contribution in [0.2, 0.25) is 36.3 Å². The lowest BCUT2D eigenvalue weighted by molar-refractivity contribution is 0.0869. The Balaban J connectivity index is 0.000000907. The molecule has 0 aliphatic heterocycles. The van der Waals surface area contributed by atoms with Gasteiger partial charge < -0.3 is 34.6 Å². The van der Waals surface area contributed by atoms with E-state index in [9.17, 15) is 15.3 Å². The largest absolute Gasteiger partial charge is 0.417 e. The Morgan fingerprint density at radius 1 is 0.733 bits per heavy atom. The average molecular weight is 673 g/mol. The maximum atomic E-state index is 10.4. The van der Waals surface area contributed by atoms with Gasteiger partial charge in [-0.2, -0.15) is 0 Å². The van der Waals surface area contributed by atoms with Crippen LogP contribution in [0.4, 0.5) is 0 Å². The molecule has 0 amide bonds. The van der Waals surface area contributed by atoms with Crippen molar-refractivity contribution in [2.75, 3.05) is 52.6 Å². The molecule has 1 rings (SSSR count). The van der Waals surface area contributed by atoms with Gasteiger partial charge in [0, 0.05) is 45.9 Å². The van der Waals surface area contributed by atoms with Gasteiger partial charge >= 0.3 is 0 Å². The molecule has 0 aliphatic rings. The number of benzene rings is 1. The van der Waals surface area contributed by atoms with Crippen LogP contribution in [0.25, 0.3) is 0 Å². The molecule has 0 heterocycles. The van der Waals surface area contributed by atoms with Crippen molar-refractivity contribution in [3.05, 3.63) is 35.9 Å². The smallest absolute Gasteiger partial charge is 0.191 e. The highest BCUT2D eigenvalue weighted by Crippen LogP contribution is 2.37. The number of nitrogens with zero attached hydrogens (tertiary/aromatic N) is 1. The highest BCUT2D eigenvalue weighted by molar-refractivity contribution is 6.74. The molecule has 1 aromatic carbocycles. The predicted octanol–water partition coefficient (Wildman–Crippen LogP) is 6.16. The van der Waals surface area contributed by atoms with Gasteiger partial charge in [-0.1, -0.05) is 71.9 Å². The molecule has 2 atom stereocenters. The van der Waals surface area contributed by atoms with Gasteiger partial charge in [-0.05, 0) is 80.4 Å². The van der Waals surface area contributed by atoms with Gasteiger partial charge in [0.15, 0.2) is 16.6 Å². The maximum Gasteiger partial charge on any atom is 0.191 e. The normalized spacial score (nSPS) is 14.3. The minimum absolute atomic E-state index is 0.111. The molecule has 0 aromatic heterocycles. The first-order chi connectivity index (χ1) is 20.9. The summed E-state index contributed by atoms with van der Waals surface area (Å²) in [5, 5.41) is 41.4. The van der Waals surface area contributed by atoms with E-state index in [2.05, 4.69) is 90.1 Å². The molecule has 0 fully saturated rings. The second-order valence-corrected chi connectivity index (χ2v) is 25.0. The quantitative estimate of drug-likeness (QED) is 0.0736. The third kappa shape index (κ3) is 21.0. The number of nitrogens with one attached hydrogen (secondary N) is 1. The zero-order valence-electron chi connectivity index (χ0n) is 30.7. The molecule has 8 nitrogen and oxygen atoms in total. The number of aliphatic hydroxyl groups excluding tert-OH is 4. The summed E-state index contributed by atoms with van der Waals surface area (Å²) in [4.78, 5) is 2.12. The monoisotopic (exact) mass is 672 g/mol. The molecule has 0 aliphatic carbocycles. The van der Waals surface area contributed by atoms with E-state index in [-0.39, 0.29) is 35.5 Å². The van der Waals surface area contributed by atoms with Crippen molar-refractivity contribution in [2.45, 2.75) is 135 Å². The summed E-state index contributed by atoms with van der Waals surface area (Å²) in [6.45, 7) is 27.4. The number of hydrogen-bond acceptors (Lipinski definition) is 8. The Bertz CT molecular complexity index is 847. The Labute approximate surface area is 279 Å². The molecule has 10 heteroatoms. The summed E-state index contributed by atoms with van der Waals surface area (Å²) in [5.41, 5.74) is 1.20. The lowest BCUT2D eigenvalue weighted by atomic mass is 10.1. The first-order valence-corrected chi connectivity index (χ1v) is 23.0. The highest BCUT2D eigenvalue weighted by Gasteiger charge is 2.37. The summed E-state index contributed by atoms with van der Waals surface area (Å²) in [7, 11) is -3.27. The van der Waals surface area contributed by atoms with Crippen molar-refractivity contribution in [3.8, 4) is 0 Å². The molecule has 5 N–H and O–H groups in total. The summed E-state index contributed by atoms with van der Waals surface area (Å²) in [6.07, 6.45) is 4.82. The second-order valence-electron chi connectivity index (χ2n) is 15.4. The SMILES string of the molecule is CC(C)(C)[Si](C)(C)OCCCCC(O)CN(CCO)Cc1ccccc1.CC(C)(C)[Si](C)(C)OCCCCC(O)CNCCO. The predicted molar refractivity (Wildman–Crippen MR) is 195 cm³/mol. The summed E-state index contributed by atoms with van der Waals surface area (Å²) < 4.78 is 12.3. The van der Waals surface area contributed by atoms with Gasteiger partial charge in [-0.15, -0.1) is 0 Å². The van der Waals surface area contributed by atoms with Crippen LogP contribution in [-0.2, 0) is 15.4 Å². The summed E-state index contributed by atoms with van der Waals surface area (Å²) >= 11 is 0. The molecule has 0 saturated carbocycles. The lowest BCUT2D eigenvalue weighted by Gasteiger charge is -2.36. The third-order valence-corrected chi connectivity index (χ3v) is 18.3. The minimum Gasteiger partial charge on any atom is -0.417 e.